The molecule has 1 aromatic rings. The minimum Gasteiger partial charge on any atom is -0.362 e. The van der Waals surface area contributed by atoms with Crippen molar-refractivity contribution < 1.29 is 0 Å². The number of amidine groups is 1. The first-order valence-electron chi connectivity index (χ1n) is 5.58. The Balaban J connectivity index is 1.79. The molecule has 0 bridgehead atoms. The van der Waals surface area contributed by atoms with E-state index < -0.39 is 0 Å². The van der Waals surface area contributed by atoms with Crippen molar-refractivity contribution in [2.75, 3.05) is 12.3 Å². The Morgan fingerprint density at radius 3 is 3.12 bits per heavy atom. The summed E-state index contributed by atoms with van der Waals surface area (Å²) in [5.74, 6) is 1.90. The van der Waals surface area contributed by atoms with Crippen molar-refractivity contribution in [1.29, 1.82) is 0 Å². The normalized spacial score (nSPS) is 28.0. The van der Waals surface area contributed by atoms with Crippen molar-refractivity contribution >= 4 is 28.3 Å². The molecule has 2 rings (SSSR count). The Morgan fingerprint density at radius 1 is 1.56 bits per heavy atom. The van der Waals surface area contributed by atoms with E-state index in [1.807, 2.05) is 23.3 Å². The molecule has 1 aliphatic heterocycles. The van der Waals surface area contributed by atoms with E-state index in [0.29, 0.717) is 6.04 Å². The van der Waals surface area contributed by atoms with E-state index in [-0.39, 0.29) is 0 Å². The van der Waals surface area contributed by atoms with Gasteiger partial charge in [-0.25, -0.2) is 4.98 Å². The predicted octanol–water partition coefficient (Wildman–Crippen LogP) is 2.40. The summed E-state index contributed by atoms with van der Waals surface area (Å²) < 4.78 is 0. The Labute approximate surface area is 105 Å². The Bertz CT molecular complexity index is 348. The highest BCUT2D eigenvalue weighted by molar-refractivity contribution is 8.13. The molecule has 1 N–H and O–H groups in total. The molecule has 0 saturated carbocycles. The number of thioether (sulfide) groups is 1. The number of nitrogens with one attached hydrogen (secondary N) is 1. The van der Waals surface area contributed by atoms with Crippen LogP contribution in [-0.2, 0) is 6.42 Å². The van der Waals surface area contributed by atoms with E-state index in [2.05, 4.69) is 29.1 Å². The minimum absolute atomic E-state index is 0.542. The molecule has 2 heterocycles. The molecule has 0 spiro atoms. The SMILES string of the molecule is CC1CSC(=NCCc2nccs2)NC1C. The van der Waals surface area contributed by atoms with E-state index in [1.165, 1.54) is 10.8 Å². The molecule has 0 aliphatic carbocycles. The van der Waals surface area contributed by atoms with Gasteiger partial charge in [0.1, 0.15) is 0 Å². The highest BCUT2D eigenvalue weighted by Crippen LogP contribution is 2.19. The summed E-state index contributed by atoms with van der Waals surface area (Å²) in [5.41, 5.74) is 0. The van der Waals surface area contributed by atoms with Gasteiger partial charge < -0.3 is 5.32 Å². The van der Waals surface area contributed by atoms with Crippen molar-refractivity contribution in [1.82, 2.24) is 10.3 Å². The molecule has 2 atom stereocenters. The molecule has 16 heavy (non-hydrogen) atoms. The molecule has 0 amide bonds. The fourth-order valence-electron chi connectivity index (χ4n) is 1.45. The molecule has 1 aromatic heterocycles. The number of aromatic nitrogens is 1. The monoisotopic (exact) mass is 255 g/mol. The van der Waals surface area contributed by atoms with Crippen LogP contribution in [0, 0.1) is 5.92 Å². The summed E-state index contributed by atoms with van der Waals surface area (Å²) in [4.78, 5) is 8.83. The zero-order valence-electron chi connectivity index (χ0n) is 9.64. The number of rotatable bonds is 3. The molecule has 5 heteroatoms. The van der Waals surface area contributed by atoms with Gasteiger partial charge in [-0.2, -0.15) is 0 Å². The van der Waals surface area contributed by atoms with Crippen LogP contribution in [0.25, 0.3) is 0 Å². The number of thiazole rings is 1. The van der Waals surface area contributed by atoms with Gasteiger partial charge in [0.05, 0.1) is 5.01 Å². The average molecular weight is 255 g/mol. The molecule has 1 fully saturated rings. The van der Waals surface area contributed by atoms with E-state index in [0.717, 1.165) is 24.1 Å². The smallest absolute Gasteiger partial charge is 0.156 e. The summed E-state index contributed by atoms with van der Waals surface area (Å²) in [6.45, 7) is 5.34. The van der Waals surface area contributed by atoms with E-state index in [9.17, 15) is 0 Å². The van der Waals surface area contributed by atoms with Gasteiger partial charge >= 0.3 is 0 Å². The zero-order valence-corrected chi connectivity index (χ0v) is 11.3. The average Bonchev–Trinajstić information content (AvgIpc) is 2.76. The van der Waals surface area contributed by atoms with Gasteiger partial charge in [-0.1, -0.05) is 18.7 Å². The van der Waals surface area contributed by atoms with Crippen molar-refractivity contribution in [2.45, 2.75) is 26.3 Å². The first kappa shape index (κ1) is 11.9. The second-order valence-electron chi connectivity index (χ2n) is 4.08. The quantitative estimate of drug-likeness (QED) is 0.901. The number of nitrogens with zero attached hydrogens (tertiary/aromatic N) is 2. The lowest BCUT2D eigenvalue weighted by molar-refractivity contribution is 0.490. The van der Waals surface area contributed by atoms with Crippen LogP contribution in [0.5, 0.6) is 0 Å². The van der Waals surface area contributed by atoms with Crippen molar-refractivity contribution in [2.24, 2.45) is 10.9 Å². The third kappa shape index (κ3) is 3.22. The summed E-state index contributed by atoms with van der Waals surface area (Å²) >= 11 is 3.54. The fourth-order valence-corrected chi connectivity index (χ4v) is 3.23. The second-order valence-corrected chi connectivity index (χ2v) is 6.07. The van der Waals surface area contributed by atoms with Crippen molar-refractivity contribution in [3.05, 3.63) is 16.6 Å². The molecular weight excluding hydrogens is 238 g/mol. The maximum absolute atomic E-state index is 4.58. The van der Waals surface area contributed by atoms with Gasteiger partial charge in [0.2, 0.25) is 0 Å². The summed E-state index contributed by atoms with van der Waals surface area (Å²) in [5, 5.41) is 7.73. The first-order valence-corrected chi connectivity index (χ1v) is 7.44. The highest BCUT2D eigenvalue weighted by Gasteiger charge is 2.20. The minimum atomic E-state index is 0.542. The van der Waals surface area contributed by atoms with Crippen LogP contribution in [0.1, 0.15) is 18.9 Å². The van der Waals surface area contributed by atoms with Crippen LogP contribution in [-0.4, -0.2) is 28.5 Å². The molecule has 0 radical (unpaired) electrons. The molecule has 2 unspecified atom stereocenters. The second kappa shape index (κ2) is 5.68. The van der Waals surface area contributed by atoms with Gasteiger partial charge in [0.15, 0.2) is 5.17 Å². The van der Waals surface area contributed by atoms with Gasteiger partial charge in [-0.3, -0.25) is 4.99 Å². The lowest BCUT2D eigenvalue weighted by Crippen LogP contribution is -2.41. The van der Waals surface area contributed by atoms with Crippen LogP contribution < -0.4 is 5.32 Å². The van der Waals surface area contributed by atoms with Crippen molar-refractivity contribution in [3.63, 3.8) is 0 Å². The molecule has 1 saturated heterocycles. The highest BCUT2D eigenvalue weighted by atomic mass is 32.2. The van der Waals surface area contributed by atoms with Crippen molar-refractivity contribution in [3.8, 4) is 0 Å². The standard InChI is InChI=1S/C11H17N3S2/c1-8-7-16-11(14-9(8)2)13-4-3-10-12-5-6-15-10/h5-6,8-9H,3-4,7H2,1-2H3,(H,13,14). The maximum Gasteiger partial charge on any atom is 0.156 e. The van der Waals surface area contributed by atoms with E-state index in [4.69, 9.17) is 0 Å². The third-order valence-corrected chi connectivity index (χ3v) is 4.80. The maximum atomic E-state index is 4.58. The molecular formula is C11H17N3S2. The lowest BCUT2D eigenvalue weighted by Gasteiger charge is -2.28. The van der Waals surface area contributed by atoms with Crippen LogP contribution in [0.3, 0.4) is 0 Å². The number of hydrogen-bond donors (Lipinski definition) is 1. The first-order chi connectivity index (χ1) is 7.75. The van der Waals surface area contributed by atoms with E-state index in [1.54, 1.807) is 11.3 Å². The van der Waals surface area contributed by atoms with Crippen LogP contribution in [0.2, 0.25) is 0 Å². The van der Waals surface area contributed by atoms with Gasteiger partial charge in [-0.05, 0) is 12.8 Å². The Hall–Kier alpha value is -0.550. The zero-order chi connectivity index (χ0) is 11.4. The lowest BCUT2D eigenvalue weighted by atomic mass is 10.1. The summed E-state index contributed by atoms with van der Waals surface area (Å²) in [7, 11) is 0. The summed E-state index contributed by atoms with van der Waals surface area (Å²) in [6, 6.07) is 0.542. The number of hydrogen-bond acceptors (Lipinski definition) is 4. The van der Waals surface area contributed by atoms with Crippen LogP contribution >= 0.6 is 23.1 Å². The molecule has 88 valence electrons. The topological polar surface area (TPSA) is 37.3 Å². The molecule has 0 aromatic carbocycles. The van der Waals surface area contributed by atoms with Gasteiger partial charge in [0.25, 0.3) is 0 Å². The predicted molar refractivity (Wildman–Crippen MR) is 72.3 cm³/mol. The Kier molecular flexibility index (Phi) is 4.23. The molecule has 1 aliphatic rings. The fraction of sp³-hybridized carbons (Fsp3) is 0.636. The van der Waals surface area contributed by atoms with Crippen LogP contribution in [0.15, 0.2) is 16.6 Å². The van der Waals surface area contributed by atoms with Crippen LogP contribution in [0.4, 0.5) is 0 Å². The molecule has 3 nitrogen and oxygen atoms in total. The van der Waals surface area contributed by atoms with Gasteiger partial charge in [-0.15, -0.1) is 11.3 Å². The Morgan fingerprint density at radius 2 is 2.44 bits per heavy atom. The number of aliphatic imine (C=N–C) groups is 1. The summed E-state index contributed by atoms with van der Waals surface area (Å²) in [6.07, 6.45) is 2.80. The van der Waals surface area contributed by atoms with Gasteiger partial charge in [0, 0.05) is 36.3 Å². The third-order valence-electron chi connectivity index (χ3n) is 2.75. The van der Waals surface area contributed by atoms with E-state index >= 15 is 0 Å². The largest absolute Gasteiger partial charge is 0.362 e.